The van der Waals surface area contributed by atoms with Crippen LogP contribution in [0.4, 0.5) is 17.1 Å². The predicted molar refractivity (Wildman–Crippen MR) is 70.8 cm³/mol. The molecule has 0 saturated heterocycles. The molecule has 1 aromatic rings. The fraction of sp³-hybridized carbons (Fsp3) is 0.462. The molecule has 3 rings (SSSR count). The number of anilines is 3. The highest BCUT2D eigenvalue weighted by atomic mass is 16.5. The summed E-state index contributed by atoms with van der Waals surface area (Å²) in [5.74, 6) is 0.498. The van der Waals surface area contributed by atoms with Gasteiger partial charge in [0.2, 0.25) is 0 Å². The molecule has 0 aromatic heterocycles. The summed E-state index contributed by atoms with van der Waals surface area (Å²) in [5.41, 5.74) is 8.49. The number of nitrogens with one attached hydrogen (secondary N) is 2. The number of nitrogens with two attached hydrogens (primary N) is 1. The quantitative estimate of drug-likeness (QED) is 0.697. The molecule has 1 amide bonds. The van der Waals surface area contributed by atoms with Gasteiger partial charge in [0, 0.05) is 12.1 Å². The van der Waals surface area contributed by atoms with Crippen molar-refractivity contribution >= 4 is 23.0 Å². The molecule has 1 saturated carbocycles. The van der Waals surface area contributed by atoms with Crippen LogP contribution in [0.3, 0.4) is 0 Å². The van der Waals surface area contributed by atoms with Crippen molar-refractivity contribution in [2.24, 2.45) is 5.41 Å². The first-order valence-electron chi connectivity index (χ1n) is 6.08. The van der Waals surface area contributed by atoms with Crippen LogP contribution in [0, 0.1) is 5.41 Å². The average molecular weight is 247 g/mol. The largest absolute Gasteiger partial charge is 0.482 e. The SMILES string of the molecule is CC1(C)CC1Nc1cc2c(cc1N)OCC(=O)N2. The molecule has 96 valence electrons. The maximum Gasteiger partial charge on any atom is 0.262 e. The molecule has 1 atom stereocenters. The number of fused-ring (bicyclic) bond motifs is 1. The summed E-state index contributed by atoms with van der Waals surface area (Å²) in [6.07, 6.45) is 1.13. The fourth-order valence-electron chi connectivity index (χ4n) is 2.17. The number of rotatable bonds is 2. The van der Waals surface area contributed by atoms with Crippen LogP contribution in [0.5, 0.6) is 5.75 Å². The fourth-order valence-corrected chi connectivity index (χ4v) is 2.17. The van der Waals surface area contributed by atoms with Crippen molar-refractivity contribution < 1.29 is 9.53 Å². The van der Waals surface area contributed by atoms with Crippen molar-refractivity contribution in [1.82, 2.24) is 0 Å². The highest BCUT2D eigenvalue weighted by Crippen LogP contribution is 2.48. The molecule has 0 radical (unpaired) electrons. The topological polar surface area (TPSA) is 76.4 Å². The van der Waals surface area contributed by atoms with E-state index >= 15 is 0 Å². The number of ether oxygens (including phenoxy) is 1. The van der Waals surface area contributed by atoms with Gasteiger partial charge < -0.3 is 21.1 Å². The van der Waals surface area contributed by atoms with Crippen molar-refractivity contribution in [2.45, 2.75) is 26.3 Å². The molecule has 2 aliphatic rings. The number of carbonyl (C=O) groups is 1. The molecule has 4 N–H and O–H groups in total. The molecule has 5 heteroatoms. The summed E-state index contributed by atoms with van der Waals surface area (Å²) in [6.45, 7) is 4.48. The summed E-state index contributed by atoms with van der Waals surface area (Å²) in [4.78, 5) is 11.3. The van der Waals surface area contributed by atoms with Gasteiger partial charge >= 0.3 is 0 Å². The molecule has 1 unspecified atom stereocenters. The van der Waals surface area contributed by atoms with Gasteiger partial charge in [0.05, 0.1) is 17.1 Å². The third kappa shape index (κ3) is 1.85. The zero-order valence-corrected chi connectivity index (χ0v) is 10.5. The van der Waals surface area contributed by atoms with E-state index in [-0.39, 0.29) is 12.5 Å². The van der Waals surface area contributed by atoms with Crippen LogP contribution in [0.25, 0.3) is 0 Å². The standard InChI is InChI=1S/C13H17N3O2/c1-13(2)5-11(13)15-8-4-9-10(3-7(8)14)18-6-12(17)16-9/h3-4,11,15H,5-6,14H2,1-2H3,(H,16,17). The molecule has 18 heavy (non-hydrogen) atoms. The first kappa shape index (κ1) is 11.2. The molecule has 0 bridgehead atoms. The van der Waals surface area contributed by atoms with E-state index in [0.717, 1.165) is 12.1 Å². The number of nitrogen functional groups attached to an aromatic ring is 1. The first-order valence-corrected chi connectivity index (χ1v) is 6.08. The Labute approximate surface area is 106 Å². The number of amides is 1. The monoisotopic (exact) mass is 247 g/mol. The number of carbonyl (C=O) groups excluding carboxylic acids is 1. The summed E-state index contributed by atoms with van der Waals surface area (Å²) in [7, 11) is 0. The van der Waals surface area contributed by atoms with Crippen molar-refractivity contribution in [2.75, 3.05) is 23.0 Å². The normalized spacial score (nSPS) is 23.7. The lowest BCUT2D eigenvalue weighted by atomic mass is 10.1. The first-order chi connectivity index (χ1) is 8.45. The Bertz CT molecular complexity index is 525. The van der Waals surface area contributed by atoms with Crippen LogP contribution in [-0.4, -0.2) is 18.6 Å². The van der Waals surface area contributed by atoms with Gasteiger partial charge in [-0.05, 0) is 17.9 Å². The molecular weight excluding hydrogens is 230 g/mol. The Morgan fingerprint density at radius 3 is 2.89 bits per heavy atom. The summed E-state index contributed by atoms with van der Waals surface area (Å²) < 4.78 is 5.31. The number of benzene rings is 1. The van der Waals surface area contributed by atoms with E-state index in [2.05, 4.69) is 24.5 Å². The lowest BCUT2D eigenvalue weighted by Gasteiger charge is -2.20. The minimum Gasteiger partial charge on any atom is -0.482 e. The molecule has 1 aliphatic carbocycles. The number of hydrogen-bond acceptors (Lipinski definition) is 4. The Morgan fingerprint density at radius 2 is 2.22 bits per heavy atom. The van der Waals surface area contributed by atoms with Crippen LogP contribution in [0.1, 0.15) is 20.3 Å². The minimum absolute atomic E-state index is 0.0505. The third-order valence-electron chi connectivity index (χ3n) is 3.63. The van der Waals surface area contributed by atoms with Crippen molar-refractivity contribution in [1.29, 1.82) is 0 Å². The summed E-state index contributed by atoms with van der Waals surface area (Å²) in [5, 5.41) is 6.19. The van der Waals surface area contributed by atoms with Gasteiger partial charge in [0.1, 0.15) is 5.75 Å². The molecule has 1 heterocycles. The van der Waals surface area contributed by atoms with Crippen LogP contribution in [0.2, 0.25) is 0 Å². The minimum atomic E-state index is -0.134. The van der Waals surface area contributed by atoms with E-state index in [1.165, 1.54) is 0 Å². The molecule has 0 spiro atoms. The van der Waals surface area contributed by atoms with Gasteiger partial charge in [-0.3, -0.25) is 4.79 Å². The molecule has 5 nitrogen and oxygen atoms in total. The Kier molecular flexibility index (Phi) is 2.20. The van der Waals surface area contributed by atoms with E-state index < -0.39 is 0 Å². The summed E-state index contributed by atoms with van der Waals surface area (Å²) in [6, 6.07) is 4.04. The Hall–Kier alpha value is -1.91. The molecule has 1 aliphatic heterocycles. The van der Waals surface area contributed by atoms with E-state index in [1.54, 1.807) is 6.07 Å². The van der Waals surface area contributed by atoms with Crippen LogP contribution in [-0.2, 0) is 4.79 Å². The average Bonchev–Trinajstić information content (AvgIpc) is 2.88. The van der Waals surface area contributed by atoms with Crippen LogP contribution < -0.4 is 21.1 Å². The van der Waals surface area contributed by atoms with Crippen molar-refractivity contribution in [3.05, 3.63) is 12.1 Å². The predicted octanol–water partition coefficient (Wildman–Crippen LogP) is 1.81. The highest BCUT2D eigenvalue weighted by molar-refractivity contribution is 5.97. The van der Waals surface area contributed by atoms with Crippen LogP contribution >= 0.6 is 0 Å². The van der Waals surface area contributed by atoms with Gasteiger partial charge in [-0.2, -0.15) is 0 Å². The van der Waals surface area contributed by atoms with E-state index in [0.29, 0.717) is 28.6 Å². The second-order valence-electron chi connectivity index (χ2n) is 5.66. The second kappa shape index (κ2) is 3.54. The molecular formula is C13H17N3O2. The maximum atomic E-state index is 11.3. The zero-order chi connectivity index (χ0) is 12.9. The highest BCUT2D eigenvalue weighted by Gasteiger charge is 2.45. The Morgan fingerprint density at radius 1 is 1.50 bits per heavy atom. The van der Waals surface area contributed by atoms with Gasteiger partial charge in [-0.15, -0.1) is 0 Å². The van der Waals surface area contributed by atoms with Crippen molar-refractivity contribution in [3.8, 4) is 5.75 Å². The lowest BCUT2D eigenvalue weighted by molar-refractivity contribution is -0.118. The Balaban J connectivity index is 1.87. The van der Waals surface area contributed by atoms with Gasteiger partial charge in [0.25, 0.3) is 5.91 Å². The number of hydrogen-bond donors (Lipinski definition) is 3. The lowest BCUT2D eigenvalue weighted by Crippen LogP contribution is -2.25. The molecule has 1 fully saturated rings. The van der Waals surface area contributed by atoms with Gasteiger partial charge in [-0.25, -0.2) is 0 Å². The van der Waals surface area contributed by atoms with Gasteiger partial charge in [0.15, 0.2) is 6.61 Å². The van der Waals surface area contributed by atoms with Gasteiger partial charge in [-0.1, -0.05) is 13.8 Å². The zero-order valence-electron chi connectivity index (χ0n) is 10.5. The molecule has 1 aromatic carbocycles. The van der Waals surface area contributed by atoms with Crippen LogP contribution in [0.15, 0.2) is 12.1 Å². The smallest absolute Gasteiger partial charge is 0.262 e. The maximum absolute atomic E-state index is 11.3. The summed E-state index contributed by atoms with van der Waals surface area (Å²) >= 11 is 0. The third-order valence-corrected chi connectivity index (χ3v) is 3.63. The van der Waals surface area contributed by atoms with Crippen molar-refractivity contribution in [3.63, 3.8) is 0 Å². The van der Waals surface area contributed by atoms with E-state index in [9.17, 15) is 4.79 Å². The van der Waals surface area contributed by atoms with E-state index in [4.69, 9.17) is 10.5 Å². The second-order valence-corrected chi connectivity index (χ2v) is 5.66. The van der Waals surface area contributed by atoms with E-state index in [1.807, 2.05) is 6.07 Å².